The predicted octanol–water partition coefficient (Wildman–Crippen LogP) is 7.12. The van der Waals surface area contributed by atoms with Crippen LogP contribution in [0.5, 0.6) is 0 Å². The molecule has 4 nitrogen and oxygen atoms in total. The van der Waals surface area contributed by atoms with Gasteiger partial charge in [0.15, 0.2) is 0 Å². The smallest absolute Gasteiger partial charge is 0.108 e. The summed E-state index contributed by atoms with van der Waals surface area (Å²) in [6, 6.07) is 21.2. The molecule has 1 saturated heterocycles. The average molecular weight is 499 g/mol. The molecule has 0 amide bonds. The van der Waals surface area contributed by atoms with Gasteiger partial charge in [0.25, 0.3) is 0 Å². The number of nitrogens with zero attached hydrogens (tertiary/aromatic N) is 1. The van der Waals surface area contributed by atoms with Crippen LogP contribution < -0.4 is 5.73 Å². The molecule has 2 aromatic carbocycles. The van der Waals surface area contributed by atoms with E-state index in [0.29, 0.717) is 5.92 Å². The molecule has 37 heavy (non-hydrogen) atoms. The lowest BCUT2D eigenvalue weighted by Gasteiger charge is -2.35. The van der Waals surface area contributed by atoms with E-state index in [1.807, 2.05) is 6.92 Å². The first kappa shape index (κ1) is 25.8. The van der Waals surface area contributed by atoms with Gasteiger partial charge in [-0.2, -0.15) is 0 Å². The summed E-state index contributed by atoms with van der Waals surface area (Å²) >= 11 is 0. The maximum Gasteiger partial charge on any atom is 0.108 e. The first-order valence-corrected chi connectivity index (χ1v) is 13.9. The second-order valence-corrected chi connectivity index (χ2v) is 11.4. The summed E-state index contributed by atoms with van der Waals surface area (Å²) in [7, 11) is 0. The third-order valence-corrected chi connectivity index (χ3v) is 8.81. The number of allylic oxidation sites excluding steroid dienone is 6. The highest BCUT2D eigenvalue weighted by Crippen LogP contribution is 2.51. The highest BCUT2D eigenvalue weighted by Gasteiger charge is 2.41. The molecule has 2 heterocycles. The van der Waals surface area contributed by atoms with E-state index in [0.717, 1.165) is 56.3 Å². The van der Waals surface area contributed by atoms with Crippen LogP contribution in [0, 0.1) is 11.3 Å². The van der Waals surface area contributed by atoms with Gasteiger partial charge in [-0.05, 0) is 88.7 Å². The Bertz CT molecular complexity index is 1150. The van der Waals surface area contributed by atoms with Crippen LogP contribution in [0.3, 0.4) is 0 Å². The standard InChI is InChI=1S/C33H42N2O2/c1-23-24(2)37-25(3)29-21-33(4,32(34)30(23)29)17-20-35-18-15-26(16-19-35)22-36-31(27-11-7-5-8-12-27)28-13-9-6-10-14-28/h5-14,26,31H,15-22,34H2,1-4H3. The van der Waals surface area contributed by atoms with E-state index >= 15 is 0 Å². The molecule has 1 fully saturated rings. The molecule has 5 rings (SSSR count). The lowest BCUT2D eigenvalue weighted by Crippen LogP contribution is -2.38. The summed E-state index contributed by atoms with van der Waals surface area (Å²) in [4.78, 5) is 2.62. The number of ether oxygens (including phenoxy) is 2. The van der Waals surface area contributed by atoms with Gasteiger partial charge in [0.05, 0.1) is 6.61 Å². The summed E-state index contributed by atoms with van der Waals surface area (Å²) in [5, 5.41) is 0. The van der Waals surface area contributed by atoms with Crippen molar-refractivity contribution >= 4 is 0 Å². The molecule has 0 aromatic heterocycles. The Labute approximate surface area is 222 Å². The van der Waals surface area contributed by atoms with Gasteiger partial charge in [-0.1, -0.05) is 67.6 Å². The highest BCUT2D eigenvalue weighted by molar-refractivity contribution is 5.58. The van der Waals surface area contributed by atoms with Gasteiger partial charge < -0.3 is 20.1 Å². The van der Waals surface area contributed by atoms with E-state index < -0.39 is 0 Å². The Morgan fingerprint density at radius 2 is 1.54 bits per heavy atom. The molecule has 0 saturated carbocycles. The van der Waals surface area contributed by atoms with Crippen molar-refractivity contribution in [1.82, 2.24) is 4.90 Å². The van der Waals surface area contributed by atoms with Gasteiger partial charge in [0.2, 0.25) is 0 Å². The maximum absolute atomic E-state index is 6.80. The number of fused-ring (bicyclic) bond motifs is 1. The van der Waals surface area contributed by atoms with Crippen molar-refractivity contribution in [3.8, 4) is 0 Å². The predicted molar refractivity (Wildman–Crippen MR) is 151 cm³/mol. The number of likely N-dealkylation sites (tertiary alicyclic amines) is 1. The zero-order chi connectivity index (χ0) is 26.0. The first-order chi connectivity index (χ1) is 17.9. The minimum Gasteiger partial charge on any atom is -0.466 e. The van der Waals surface area contributed by atoms with Gasteiger partial charge in [0.1, 0.15) is 17.6 Å². The average Bonchev–Trinajstić information content (AvgIpc) is 3.19. The number of benzene rings is 2. The van der Waals surface area contributed by atoms with Crippen LogP contribution in [0.15, 0.2) is 94.6 Å². The zero-order valence-electron chi connectivity index (χ0n) is 22.9. The highest BCUT2D eigenvalue weighted by atomic mass is 16.5. The summed E-state index contributed by atoms with van der Waals surface area (Å²) in [5.41, 5.74) is 14.1. The Morgan fingerprint density at radius 1 is 0.946 bits per heavy atom. The lowest BCUT2D eigenvalue weighted by molar-refractivity contribution is 0.0298. The zero-order valence-corrected chi connectivity index (χ0v) is 22.9. The number of hydrogen-bond donors (Lipinski definition) is 1. The second-order valence-electron chi connectivity index (χ2n) is 11.4. The van der Waals surface area contributed by atoms with Crippen LogP contribution in [-0.2, 0) is 9.47 Å². The molecule has 0 spiro atoms. The Balaban J connectivity index is 1.15. The SMILES string of the molecule is CC1=C(C)C2=C(N)C(C)(CCN3CCC(COC(c4ccccc4)c4ccccc4)CC3)CC2=C(C)O1. The molecule has 4 heteroatoms. The lowest BCUT2D eigenvalue weighted by atomic mass is 9.82. The van der Waals surface area contributed by atoms with Crippen molar-refractivity contribution in [2.24, 2.45) is 17.1 Å². The number of piperidine rings is 1. The Hall–Kier alpha value is -2.82. The molecule has 0 bridgehead atoms. The molecular formula is C33H42N2O2. The quantitative estimate of drug-likeness (QED) is 0.421. The minimum atomic E-state index is -0.00910. The monoisotopic (exact) mass is 498 g/mol. The fourth-order valence-electron chi connectivity index (χ4n) is 6.19. The van der Waals surface area contributed by atoms with Crippen molar-refractivity contribution in [2.75, 3.05) is 26.2 Å². The molecule has 0 radical (unpaired) electrons. The van der Waals surface area contributed by atoms with Gasteiger partial charge >= 0.3 is 0 Å². The molecule has 1 aliphatic carbocycles. The topological polar surface area (TPSA) is 47.7 Å². The fraction of sp³-hybridized carbons (Fsp3) is 0.455. The molecule has 196 valence electrons. The van der Waals surface area contributed by atoms with Gasteiger partial charge in [-0.15, -0.1) is 0 Å². The fourth-order valence-corrected chi connectivity index (χ4v) is 6.19. The number of nitrogens with two attached hydrogens (primary N) is 1. The molecule has 2 aromatic rings. The summed E-state index contributed by atoms with van der Waals surface area (Å²) in [5.74, 6) is 2.61. The van der Waals surface area contributed by atoms with Crippen LogP contribution in [0.4, 0.5) is 0 Å². The van der Waals surface area contributed by atoms with Crippen LogP contribution in [0.2, 0.25) is 0 Å². The molecule has 3 aliphatic rings. The maximum atomic E-state index is 6.80. The van der Waals surface area contributed by atoms with E-state index in [-0.39, 0.29) is 11.5 Å². The second kappa shape index (κ2) is 10.9. The van der Waals surface area contributed by atoms with E-state index in [4.69, 9.17) is 15.2 Å². The van der Waals surface area contributed by atoms with Crippen molar-refractivity contribution < 1.29 is 9.47 Å². The summed E-state index contributed by atoms with van der Waals surface area (Å²) in [6.07, 6.45) is 4.42. The third-order valence-electron chi connectivity index (χ3n) is 8.81. The molecule has 1 atom stereocenters. The minimum absolute atomic E-state index is 0.000283. The van der Waals surface area contributed by atoms with Crippen LogP contribution >= 0.6 is 0 Å². The Kier molecular flexibility index (Phi) is 7.60. The molecular weight excluding hydrogens is 456 g/mol. The molecule has 1 unspecified atom stereocenters. The summed E-state index contributed by atoms with van der Waals surface area (Å²) in [6.45, 7) is 12.8. The van der Waals surface area contributed by atoms with Crippen molar-refractivity contribution in [1.29, 1.82) is 0 Å². The number of hydrogen-bond acceptors (Lipinski definition) is 4. The molecule has 2 N–H and O–H groups in total. The largest absolute Gasteiger partial charge is 0.466 e. The van der Waals surface area contributed by atoms with Crippen molar-refractivity contribution in [3.05, 3.63) is 106 Å². The van der Waals surface area contributed by atoms with E-state index in [1.54, 1.807) is 0 Å². The van der Waals surface area contributed by atoms with Crippen molar-refractivity contribution in [3.63, 3.8) is 0 Å². The van der Waals surface area contributed by atoms with Crippen LogP contribution in [0.25, 0.3) is 0 Å². The van der Waals surface area contributed by atoms with Gasteiger partial charge in [0, 0.05) is 22.3 Å². The normalized spacial score (nSPS) is 23.2. The van der Waals surface area contributed by atoms with Gasteiger partial charge in [-0.3, -0.25) is 0 Å². The van der Waals surface area contributed by atoms with Crippen molar-refractivity contribution in [2.45, 2.75) is 59.5 Å². The van der Waals surface area contributed by atoms with E-state index in [2.05, 4.69) is 86.3 Å². The van der Waals surface area contributed by atoms with Crippen LogP contribution in [-0.4, -0.2) is 31.1 Å². The first-order valence-electron chi connectivity index (χ1n) is 13.9. The van der Waals surface area contributed by atoms with E-state index in [1.165, 1.54) is 40.7 Å². The van der Waals surface area contributed by atoms with Crippen LogP contribution in [0.1, 0.15) is 70.6 Å². The summed E-state index contributed by atoms with van der Waals surface area (Å²) < 4.78 is 12.6. The Morgan fingerprint density at radius 3 is 2.14 bits per heavy atom. The third kappa shape index (κ3) is 5.42. The van der Waals surface area contributed by atoms with E-state index in [9.17, 15) is 0 Å². The molecule has 2 aliphatic heterocycles. The number of rotatable bonds is 8. The van der Waals surface area contributed by atoms with Gasteiger partial charge in [-0.25, -0.2) is 0 Å².